The standard InChI is InChI=1S/C19H17Cl/c1-13-14(2)19(16-8-10-17(20)11-9-16)12-18(13)15-6-4-3-5-7-15/h3-11H,12H2,1-2H3. The van der Waals surface area contributed by atoms with E-state index in [0.29, 0.717) is 0 Å². The van der Waals surface area contributed by atoms with Gasteiger partial charge in [0.1, 0.15) is 0 Å². The summed E-state index contributed by atoms with van der Waals surface area (Å²) >= 11 is 5.98. The van der Waals surface area contributed by atoms with Gasteiger partial charge in [0.05, 0.1) is 0 Å². The lowest BCUT2D eigenvalue weighted by Gasteiger charge is -2.07. The fourth-order valence-corrected chi connectivity index (χ4v) is 2.95. The monoisotopic (exact) mass is 280 g/mol. The van der Waals surface area contributed by atoms with Crippen LogP contribution in [0.3, 0.4) is 0 Å². The van der Waals surface area contributed by atoms with Crippen molar-refractivity contribution in [3.63, 3.8) is 0 Å². The molecular formula is C19H17Cl. The number of hydrogen-bond donors (Lipinski definition) is 0. The Morgan fingerprint density at radius 1 is 0.700 bits per heavy atom. The van der Waals surface area contributed by atoms with Gasteiger partial charge in [-0.3, -0.25) is 0 Å². The second kappa shape index (κ2) is 5.30. The van der Waals surface area contributed by atoms with Gasteiger partial charge in [-0.25, -0.2) is 0 Å². The molecule has 100 valence electrons. The van der Waals surface area contributed by atoms with E-state index in [9.17, 15) is 0 Å². The minimum absolute atomic E-state index is 0.790. The molecule has 0 aromatic heterocycles. The van der Waals surface area contributed by atoms with Crippen LogP contribution in [-0.4, -0.2) is 0 Å². The molecule has 0 saturated carbocycles. The van der Waals surface area contributed by atoms with Crippen LogP contribution in [0, 0.1) is 0 Å². The van der Waals surface area contributed by atoms with E-state index in [2.05, 4.69) is 56.3 Å². The zero-order chi connectivity index (χ0) is 14.1. The summed E-state index contributed by atoms with van der Waals surface area (Å²) in [6.45, 7) is 4.44. The van der Waals surface area contributed by atoms with Crippen LogP contribution in [0.4, 0.5) is 0 Å². The van der Waals surface area contributed by atoms with Crippen molar-refractivity contribution in [3.8, 4) is 0 Å². The van der Waals surface area contributed by atoms with E-state index in [1.807, 2.05) is 12.1 Å². The van der Waals surface area contributed by atoms with Crippen LogP contribution in [0.1, 0.15) is 31.4 Å². The van der Waals surface area contributed by atoms with Crippen LogP contribution >= 0.6 is 11.6 Å². The zero-order valence-corrected chi connectivity index (χ0v) is 12.5. The quantitative estimate of drug-likeness (QED) is 0.634. The molecule has 0 spiro atoms. The second-order valence-corrected chi connectivity index (χ2v) is 5.69. The van der Waals surface area contributed by atoms with Gasteiger partial charge in [0.15, 0.2) is 0 Å². The van der Waals surface area contributed by atoms with Crippen LogP contribution < -0.4 is 0 Å². The van der Waals surface area contributed by atoms with Gasteiger partial charge in [0, 0.05) is 5.02 Å². The van der Waals surface area contributed by atoms with Crippen molar-refractivity contribution >= 4 is 22.7 Å². The van der Waals surface area contributed by atoms with E-state index in [1.54, 1.807) is 0 Å². The van der Waals surface area contributed by atoms with Gasteiger partial charge in [-0.1, -0.05) is 54.1 Å². The maximum absolute atomic E-state index is 5.98. The molecule has 0 amide bonds. The molecular weight excluding hydrogens is 264 g/mol. The molecule has 0 fully saturated rings. The first kappa shape index (κ1) is 13.2. The third kappa shape index (κ3) is 2.32. The lowest BCUT2D eigenvalue weighted by molar-refractivity contribution is 1.38. The lowest BCUT2D eigenvalue weighted by Crippen LogP contribution is -1.85. The summed E-state index contributed by atoms with van der Waals surface area (Å²) in [7, 11) is 0. The minimum atomic E-state index is 0.790. The molecule has 2 aromatic rings. The smallest absolute Gasteiger partial charge is 0.0406 e. The average Bonchev–Trinajstić information content (AvgIpc) is 2.77. The predicted octanol–water partition coefficient (Wildman–Crippen LogP) is 5.99. The number of halogens is 1. The van der Waals surface area contributed by atoms with E-state index in [0.717, 1.165) is 11.4 Å². The topological polar surface area (TPSA) is 0 Å². The number of hydrogen-bond acceptors (Lipinski definition) is 0. The van der Waals surface area contributed by atoms with Crippen molar-refractivity contribution in [2.45, 2.75) is 20.3 Å². The Hall–Kier alpha value is -1.79. The molecule has 0 heterocycles. The first-order valence-corrected chi connectivity index (χ1v) is 7.26. The van der Waals surface area contributed by atoms with Crippen molar-refractivity contribution in [1.29, 1.82) is 0 Å². The zero-order valence-electron chi connectivity index (χ0n) is 11.8. The molecule has 0 atom stereocenters. The number of benzene rings is 2. The van der Waals surface area contributed by atoms with Crippen molar-refractivity contribution in [1.82, 2.24) is 0 Å². The largest absolute Gasteiger partial charge is 0.0843 e. The van der Waals surface area contributed by atoms with Gasteiger partial charge < -0.3 is 0 Å². The first-order valence-electron chi connectivity index (χ1n) is 6.88. The van der Waals surface area contributed by atoms with Crippen LogP contribution in [-0.2, 0) is 0 Å². The average molecular weight is 281 g/mol. The van der Waals surface area contributed by atoms with E-state index < -0.39 is 0 Å². The lowest BCUT2D eigenvalue weighted by atomic mass is 9.98. The molecule has 0 radical (unpaired) electrons. The molecule has 1 heteroatoms. The van der Waals surface area contributed by atoms with Gasteiger partial charge >= 0.3 is 0 Å². The highest BCUT2D eigenvalue weighted by Gasteiger charge is 2.20. The van der Waals surface area contributed by atoms with Crippen LogP contribution in [0.25, 0.3) is 11.1 Å². The number of allylic oxidation sites excluding steroid dienone is 4. The maximum atomic E-state index is 5.98. The highest BCUT2D eigenvalue weighted by molar-refractivity contribution is 6.30. The van der Waals surface area contributed by atoms with Gasteiger partial charge in [-0.15, -0.1) is 0 Å². The minimum Gasteiger partial charge on any atom is -0.0843 e. The Morgan fingerprint density at radius 2 is 1.20 bits per heavy atom. The number of rotatable bonds is 2. The molecule has 0 unspecified atom stereocenters. The highest BCUT2D eigenvalue weighted by Crippen LogP contribution is 2.42. The second-order valence-electron chi connectivity index (χ2n) is 5.26. The molecule has 1 aliphatic rings. The maximum Gasteiger partial charge on any atom is 0.0406 e. The molecule has 0 saturated heterocycles. The van der Waals surface area contributed by atoms with Crippen LogP contribution in [0.5, 0.6) is 0 Å². The summed E-state index contributed by atoms with van der Waals surface area (Å²) in [5, 5.41) is 0.790. The Labute approximate surface area is 125 Å². The molecule has 0 bridgehead atoms. The summed E-state index contributed by atoms with van der Waals surface area (Å²) in [6.07, 6.45) is 1.00. The fraction of sp³-hybridized carbons (Fsp3) is 0.158. The Kier molecular flexibility index (Phi) is 3.50. The van der Waals surface area contributed by atoms with Gasteiger partial charge in [-0.2, -0.15) is 0 Å². The summed E-state index contributed by atoms with van der Waals surface area (Å²) in [5.74, 6) is 0. The molecule has 2 aromatic carbocycles. The summed E-state index contributed by atoms with van der Waals surface area (Å²) in [4.78, 5) is 0. The molecule has 0 aliphatic heterocycles. The fourth-order valence-electron chi connectivity index (χ4n) is 2.82. The van der Waals surface area contributed by atoms with Crippen molar-refractivity contribution in [3.05, 3.63) is 81.9 Å². The van der Waals surface area contributed by atoms with Crippen molar-refractivity contribution < 1.29 is 0 Å². The van der Waals surface area contributed by atoms with E-state index >= 15 is 0 Å². The van der Waals surface area contributed by atoms with Gasteiger partial charge in [0.2, 0.25) is 0 Å². The van der Waals surface area contributed by atoms with E-state index in [4.69, 9.17) is 11.6 Å². The summed E-state index contributed by atoms with van der Waals surface area (Å²) in [6, 6.07) is 18.8. The van der Waals surface area contributed by atoms with Crippen molar-refractivity contribution in [2.24, 2.45) is 0 Å². The van der Waals surface area contributed by atoms with Gasteiger partial charge in [-0.05, 0) is 65.8 Å². The third-order valence-corrected chi connectivity index (χ3v) is 4.39. The van der Waals surface area contributed by atoms with Gasteiger partial charge in [0.25, 0.3) is 0 Å². The molecule has 20 heavy (non-hydrogen) atoms. The van der Waals surface area contributed by atoms with Crippen LogP contribution in [0.15, 0.2) is 65.7 Å². The summed E-state index contributed by atoms with van der Waals surface area (Å²) < 4.78 is 0. The summed E-state index contributed by atoms with van der Waals surface area (Å²) in [5.41, 5.74) is 8.25. The Balaban J connectivity index is 1.97. The molecule has 0 N–H and O–H groups in total. The van der Waals surface area contributed by atoms with Crippen molar-refractivity contribution in [2.75, 3.05) is 0 Å². The predicted molar refractivity (Wildman–Crippen MR) is 87.7 cm³/mol. The van der Waals surface area contributed by atoms with E-state index in [-0.39, 0.29) is 0 Å². The highest BCUT2D eigenvalue weighted by atomic mass is 35.5. The normalized spacial score (nSPS) is 15.2. The molecule has 3 rings (SSSR count). The molecule has 1 aliphatic carbocycles. The van der Waals surface area contributed by atoms with Crippen LogP contribution in [0.2, 0.25) is 5.02 Å². The Bertz CT molecular complexity index is 688. The molecule has 0 nitrogen and oxygen atoms in total. The Morgan fingerprint density at radius 3 is 1.75 bits per heavy atom. The SMILES string of the molecule is CC1=C(c2ccccc2)CC(c2ccc(Cl)cc2)=C1C. The van der Waals surface area contributed by atoms with E-state index in [1.165, 1.54) is 33.4 Å². The first-order chi connectivity index (χ1) is 9.66. The third-order valence-electron chi connectivity index (χ3n) is 4.14.